The van der Waals surface area contributed by atoms with E-state index in [1.54, 1.807) is 18.2 Å². The maximum atomic E-state index is 13.2. The summed E-state index contributed by atoms with van der Waals surface area (Å²) in [4.78, 5) is 11.4. The zero-order valence-corrected chi connectivity index (χ0v) is 10.9. The van der Waals surface area contributed by atoms with E-state index in [1.165, 1.54) is 0 Å². The Kier molecular flexibility index (Phi) is 4.13. The third-order valence-corrected chi connectivity index (χ3v) is 3.10. The summed E-state index contributed by atoms with van der Waals surface area (Å²) in [5.74, 6) is -3.24. The molecule has 4 heteroatoms. The summed E-state index contributed by atoms with van der Waals surface area (Å²) >= 11 is 0. The molecule has 2 rings (SSSR count). The smallest absolute Gasteiger partial charge is 0.311 e. The molecule has 0 aliphatic rings. The number of aliphatic carboxylic acids is 1. The van der Waals surface area contributed by atoms with Gasteiger partial charge < -0.3 is 5.11 Å². The molecule has 20 heavy (non-hydrogen) atoms. The largest absolute Gasteiger partial charge is 0.481 e. The van der Waals surface area contributed by atoms with Crippen LogP contribution >= 0.6 is 0 Å². The molecule has 1 unspecified atom stereocenters. The molecule has 0 aliphatic carbocycles. The minimum absolute atomic E-state index is 0.0491. The van der Waals surface area contributed by atoms with Crippen LogP contribution in [-0.2, 0) is 11.2 Å². The fourth-order valence-corrected chi connectivity index (χ4v) is 2.20. The Balaban J connectivity index is 2.33. The van der Waals surface area contributed by atoms with Crippen molar-refractivity contribution in [1.29, 1.82) is 0 Å². The lowest BCUT2D eigenvalue weighted by molar-refractivity contribution is -0.138. The zero-order chi connectivity index (χ0) is 14.7. The molecule has 0 radical (unpaired) electrons. The SMILES string of the molecule is Cc1cccc(C(Cc2cc(F)cc(F)c2)C(=O)O)c1. The number of rotatable bonds is 4. The van der Waals surface area contributed by atoms with E-state index >= 15 is 0 Å². The first-order valence-electron chi connectivity index (χ1n) is 6.20. The van der Waals surface area contributed by atoms with Crippen LogP contribution in [0.2, 0.25) is 0 Å². The van der Waals surface area contributed by atoms with E-state index in [2.05, 4.69) is 0 Å². The molecule has 0 bridgehead atoms. The highest BCUT2D eigenvalue weighted by molar-refractivity contribution is 5.76. The Morgan fingerprint density at radius 1 is 1.15 bits per heavy atom. The second kappa shape index (κ2) is 5.82. The predicted molar refractivity (Wildman–Crippen MR) is 71.6 cm³/mol. The number of benzene rings is 2. The van der Waals surface area contributed by atoms with Crippen LogP contribution in [-0.4, -0.2) is 11.1 Å². The number of halogens is 2. The highest BCUT2D eigenvalue weighted by atomic mass is 19.1. The van der Waals surface area contributed by atoms with E-state index in [1.807, 2.05) is 13.0 Å². The van der Waals surface area contributed by atoms with Gasteiger partial charge in [0, 0.05) is 6.07 Å². The fourth-order valence-electron chi connectivity index (χ4n) is 2.20. The minimum atomic E-state index is -1.01. The van der Waals surface area contributed by atoms with Gasteiger partial charge in [0.05, 0.1) is 5.92 Å². The van der Waals surface area contributed by atoms with E-state index < -0.39 is 23.5 Å². The van der Waals surface area contributed by atoms with Crippen molar-refractivity contribution in [2.45, 2.75) is 19.3 Å². The van der Waals surface area contributed by atoms with Crippen molar-refractivity contribution in [3.63, 3.8) is 0 Å². The van der Waals surface area contributed by atoms with Crippen LogP contribution in [0.25, 0.3) is 0 Å². The summed E-state index contributed by atoms with van der Waals surface area (Å²) in [6.45, 7) is 1.87. The summed E-state index contributed by atoms with van der Waals surface area (Å²) in [6, 6.07) is 10.2. The molecule has 1 N–H and O–H groups in total. The average molecular weight is 276 g/mol. The molecule has 0 saturated heterocycles. The Morgan fingerprint density at radius 3 is 2.35 bits per heavy atom. The van der Waals surface area contributed by atoms with Crippen molar-refractivity contribution in [3.8, 4) is 0 Å². The van der Waals surface area contributed by atoms with Crippen molar-refractivity contribution in [1.82, 2.24) is 0 Å². The summed E-state index contributed by atoms with van der Waals surface area (Å²) in [5, 5.41) is 9.33. The lowest BCUT2D eigenvalue weighted by Gasteiger charge is -2.13. The van der Waals surface area contributed by atoms with Gasteiger partial charge in [0.15, 0.2) is 0 Å². The maximum absolute atomic E-state index is 13.2. The summed E-state index contributed by atoms with van der Waals surface area (Å²) < 4.78 is 26.3. The first-order valence-corrected chi connectivity index (χ1v) is 6.20. The lowest BCUT2D eigenvalue weighted by atomic mass is 9.91. The molecule has 0 fully saturated rings. The van der Waals surface area contributed by atoms with Gasteiger partial charge in [-0.1, -0.05) is 29.8 Å². The second-order valence-electron chi connectivity index (χ2n) is 4.79. The van der Waals surface area contributed by atoms with Crippen molar-refractivity contribution < 1.29 is 18.7 Å². The monoisotopic (exact) mass is 276 g/mol. The van der Waals surface area contributed by atoms with E-state index in [9.17, 15) is 18.7 Å². The van der Waals surface area contributed by atoms with Crippen LogP contribution in [0.15, 0.2) is 42.5 Å². The molecule has 2 aromatic carbocycles. The quantitative estimate of drug-likeness (QED) is 0.924. The lowest BCUT2D eigenvalue weighted by Crippen LogP contribution is -2.14. The third-order valence-electron chi connectivity index (χ3n) is 3.10. The minimum Gasteiger partial charge on any atom is -0.481 e. The molecular formula is C16H14F2O2. The average Bonchev–Trinajstić information content (AvgIpc) is 2.34. The Morgan fingerprint density at radius 2 is 1.80 bits per heavy atom. The van der Waals surface area contributed by atoms with E-state index in [0.717, 1.165) is 23.8 Å². The number of carboxylic acid groups (broad SMARTS) is 1. The standard InChI is InChI=1S/C16H14F2O2/c1-10-3-2-4-12(5-10)15(16(19)20)8-11-6-13(17)9-14(18)7-11/h2-7,9,15H,8H2,1H3,(H,19,20). The van der Waals surface area contributed by atoms with Crippen molar-refractivity contribution in [3.05, 3.63) is 70.8 Å². The van der Waals surface area contributed by atoms with Gasteiger partial charge in [-0.3, -0.25) is 4.79 Å². The Bertz CT molecular complexity index is 618. The third kappa shape index (κ3) is 3.41. The highest BCUT2D eigenvalue weighted by Gasteiger charge is 2.21. The first-order chi connectivity index (χ1) is 9.45. The second-order valence-corrected chi connectivity index (χ2v) is 4.79. The molecule has 0 spiro atoms. The summed E-state index contributed by atoms with van der Waals surface area (Å²) in [6.07, 6.45) is 0.0491. The number of hydrogen-bond donors (Lipinski definition) is 1. The van der Waals surface area contributed by atoms with Gasteiger partial charge >= 0.3 is 5.97 Å². The van der Waals surface area contributed by atoms with Gasteiger partial charge in [-0.05, 0) is 36.6 Å². The number of hydrogen-bond acceptors (Lipinski definition) is 1. The van der Waals surface area contributed by atoms with Gasteiger partial charge in [-0.2, -0.15) is 0 Å². The zero-order valence-electron chi connectivity index (χ0n) is 10.9. The van der Waals surface area contributed by atoms with Gasteiger partial charge in [-0.15, -0.1) is 0 Å². The number of carboxylic acids is 1. The van der Waals surface area contributed by atoms with Gasteiger partial charge in [-0.25, -0.2) is 8.78 Å². The van der Waals surface area contributed by atoms with Crippen LogP contribution in [0.1, 0.15) is 22.6 Å². The molecule has 1 atom stereocenters. The van der Waals surface area contributed by atoms with Crippen LogP contribution in [0, 0.1) is 18.6 Å². The molecular weight excluding hydrogens is 262 g/mol. The summed E-state index contributed by atoms with van der Waals surface area (Å²) in [5.41, 5.74) is 1.90. The first kappa shape index (κ1) is 14.2. The van der Waals surface area contributed by atoms with Crippen LogP contribution in [0.5, 0.6) is 0 Å². The van der Waals surface area contributed by atoms with Gasteiger partial charge in [0.25, 0.3) is 0 Å². The predicted octanol–water partition coefficient (Wildman–Crippen LogP) is 3.68. The number of aryl methyl sites for hydroxylation is 1. The molecule has 0 saturated carbocycles. The van der Waals surface area contributed by atoms with E-state index in [4.69, 9.17) is 0 Å². The van der Waals surface area contributed by atoms with Crippen molar-refractivity contribution in [2.75, 3.05) is 0 Å². The van der Waals surface area contributed by atoms with Crippen LogP contribution in [0.3, 0.4) is 0 Å². The Labute approximate surface area is 115 Å². The van der Waals surface area contributed by atoms with E-state index in [0.29, 0.717) is 11.1 Å². The molecule has 0 heterocycles. The molecule has 0 aliphatic heterocycles. The van der Waals surface area contributed by atoms with Crippen LogP contribution < -0.4 is 0 Å². The maximum Gasteiger partial charge on any atom is 0.311 e. The van der Waals surface area contributed by atoms with Crippen LogP contribution in [0.4, 0.5) is 8.78 Å². The van der Waals surface area contributed by atoms with E-state index in [-0.39, 0.29) is 6.42 Å². The molecule has 2 nitrogen and oxygen atoms in total. The topological polar surface area (TPSA) is 37.3 Å². The summed E-state index contributed by atoms with van der Waals surface area (Å²) in [7, 11) is 0. The highest BCUT2D eigenvalue weighted by Crippen LogP contribution is 2.23. The molecule has 0 aromatic heterocycles. The van der Waals surface area contributed by atoms with Crippen molar-refractivity contribution >= 4 is 5.97 Å². The normalized spacial score (nSPS) is 12.2. The van der Waals surface area contributed by atoms with Gasteiger partial charge in [0.2, 0.25) is 0 Å². The van der Waals surface area contributed by atoms with Crippen molar-refractivity contribution in [2.24, 2.45) is 0 Å². The molecule has 2 aromatic rings. The molecule has 0 amide bonds. The number of carbonyl (C=O) groups is 1. The Hall–Kier alpha value is -2.23. The molecule has 104 valence electrons. The van der Waals surface area contributed by atoms with Gasteiger partial charge in [0.1, 0.15) is 11.6 Å². The fraction of sp³-hybridized carbons (Fsp3) is 0.188.